The number of primary amides is 2. The molecule has 0 saturated heterocycles. The number of nitrogens with two attached hydrogens (primary N) is 2. The van der Waals surface area contributed by atoms with Gasteiger partial charge in [0.1, 0.15) is 5.69 Å². The maximum atomic E-state index is 11.4. The van der Waals surface area contributed by atoms with Crippen LogP contribution in [0.4, 0.5) is 0 Å². The summed E-state index contributed by atoms with van der Waals surface area (Å²) in [7, 11) is 0. The summed E-state index contributed by atoms with van der Waals surface area (Å²) in [6.07, 6.45) is 1.78. The van der Waals surface area contributed by atoms with Crippen LogP contribution in [0.5, 0.6) is 0 Å². The van der Waals surface area contributed by atoms with Gasteiger partial charge in [0.15, 0.2) is 0 Å². The first kappa shape index (κ1) is 12.3. The lowest BCUT2D eigenvalue weighted by Gasteiger charge is -2.08. The molecule has 0 unspecified atom stereocenters. The molecule has 2 rings (SSSR count). The van der Waals surface area contributed by atoms with Crippen molar-refractivity contribution in [1.29, 1.82) is 0 Å². The van der Waals surface area contributed by atoms with E-state index in [9.17, 15) is 9.59 Å². The van der Waals surface area contributed by atoms with Gasteiger partial charge in [-0.15, -0.1) is 11.3 Å². The molecule has 0 fully saturated rings. The predicted molar refractivity (Wildman–Crippen MR) is 68.4 cm³/mol. The minimum Gasteiger partial charge on any atom is -0.366 e. The highest BCUT2D eigenvalue weighted by molar-refractivity contribution is 7.09. The zero-order valence-corrected chi connectivity index (χ0v) is 10.2. The van der Waals surface area contributed by atoms with Crippen LogP contribution in [-0.4, -0.2) is 16.8 Å². The number of pyridine rings is 1. The van der Waals surface area contributed by atoms with Crippen molar-refractivity contribution in [2.45, 2.75) is 6.42 Å². The second-order valence-electron chi connectivity index (χ2n) is 3.67. The average molecular weight is 261 g/mol. The van der Waals surface area contributed by atoms with E-state index < -0.39 is 11.8 Å². The molecule has 2 amide bonds. The fraction of sp³-hybridized carbons (Fsp3) is 0.0833. The maximum absolute atomic E-state index is 11.4. The molecule has 0 spiro atoms. The van der Waals surface area contributed by atoms with Gasteiger partial charge in [0.2, 0.25) is 5.91 Å². The van der Waals surface area contributed by atoms with Crippen LogP contribution in [-0.2, 0) is 6.42 Å². The van der Waals surface area contributed by atoms with Gasteiger partial charge >= 0.3 is 0 Å². The van der Waals surface area contributed by atoms with Crippen molar-refractivity contribution < 1.29 is 9.59 Å². The molecule has 2 aromatic rings. The van der Waals surface area contributed by atoms with Crippen LogP contribution in [0, 0.1) is 0 Å². The van der Waals surface area contributed by atoms with Crippen LogP contribution in [0.2, 0.25) is 0 Å². The lowest BCUT2D eigenvalue weighted by molar-refractivity contribution is 0.0994. The van der Waals surface area contributed by atoms with E-state index in [1.54, 1.807) is 0 Å². The number of rotatable bonds is 4. The van der Waals surface area contributed by atoms with E-state index in [0.717, 1.165) is 4.88 Å². The molecule has 6 heteroatoms. The average Bonchev–Trinajstić information content (AvgIpc) is 2.81. The van der Waals surface area contributed by atoms with E-state index in [1.165, 1.54) is 23.6 Å². The van der Waals surface area contributed by atoms with Crippen molar-refractivity contribution in [3.05, 3.63) is 51.5 Å². The van der Waals surface area contributed by atoms with E-state index in [4.69, 9.17) is 11.5 Å². The molecular formula is C12H11N3O2S. The van der Waals surface area contributed by atoms with E-state index >= 15 is 0 Å². The number of hydrogen-bond acceptors (Lipinski definition) is 4. The van der Waals surface area contributed by atoms with Crippen molar-refractivity contribution in [2.75, 3.05) is 0 Å². The highest BCUT2D eigenvalue weighted by atomic mass is 32.1. The molecule has 0 atom stereocenters. The summed E-state index contributed by atoms with van der Waals surface area (Å²) < 4.78 is 0. The van der Waals surface area contributed by atoms with E-state index in [2.05, 4.69) is 4.98 Å². The van der Waals surface area contributed by atoms with Crippen LogP contribution in [0.3, 0.4) is 0 Å². The maximum Gasteiger partial charge on any atom is 0.267 e. The molecule has 92 valence electrons. The Balaban J connectivity index is 2.53. The molecule has 0 aliphatic rings. The summed E-state index contributed by atoms with van der Waals surface area (Å²) in [4.78, 5) is 27.6. The minimum atomic E-state index is -0.662. The van der Waals surface area contributed by atoms with Crippen molar-refractivity contribution >= 4 is 23.2 Å². The first-order valence-corrected chi connectivity index (χ1v) is 6.07. The highest BCUT2D eigenvalue weighted by Crippen LogP contribution is 2.20. The lowest BCUT2D eigenvalue weighted by Crippen LogP contribution is -2.21. The van der Waals surface area contributed by atoms with E-state index in [1.807, 2.05) is 17.5 Å². The number of carbonyl (C=O) groups excluding carboxylic acids is 2. The fourth-order valence-corrected chi connectivity index (χ4v) is 2.42. The Morgan fingerprint density at radius 3 is 2.56 bits per heavy atom. The molecule has 0 aliphatic heterocycles. The molecule has 0 bridgehead atoms. The van der Waals surface area contributed by atoms with E-state index in [0.29, 0.717) is 12.0 Å². The van der Waals surface area contributed by atoms with Crippen molar-refractivity contribution in [3.8, 4) is 0 Å². The SMILES string of the molecule is NC(=O)c1ccnc(C(N)=O)c1Cc1cccs1. The van der Waals surface area contributed by atoms with Crippen LogP contribution < -0.4 is 11.5 Å². The van der Waals surface area contributed by atoms with Crippen molar-refractivity contribution in [1.82, 2.24) is 4.98 Å². The smallest absolute Gasteiger partial charge is 0.267 e. The van der Waals surface area contributed by atoms with Crippen molar-refractivity contribution in [2.24, 2.45) is 11.5 Å². The molecular weight excluding hydrogens is 250 g/mol. The molecule has 0 aromatic carbocycles. The van der Waals surface area contributed by atoms with Crippen LogP contribution >= 0.6 is 11.3 Å². The molecule has 2 aromatic heterocycles. The quantitative estimate of drug-likeness (QED) is 0.856. The topological polar surface area (TPSA) is 99.1 Å². The van der Waals surface area contributed by atoms with Gasteiger partial charge in [-0.25, -0.2) is 0 Å². The number of nitrogens with zero attached hydrogens (tertiary/aromatic N) is 1. The Kier molecular flexibility index (Phi) is 3.38. The molecule has 0 radical (unpaired) electrons. The molecule has 18 heavy (non-hydrogen) atoms. The third-order valence-electron chi connectivity index (χ3n) is 2.49. The number of hydrogen-bond donors (Lipinski definition) is 2. The third-order valence-corrected chi connectivity index (χ3v) is 3.36. The molecule has 0 saturated carbocycles. The first-order chi connectivity index (χ1) is 8.59. The van der Waals surface area contributed by atoms with Gasteiger partial charge in [-0.1, -0.05) is 6.07 Å². The van der Waals surface area contributed by atoms with Crippen LogP contribution in [0.25, 0.3) is 0 Å². The Morgan fingerprint density at radius 2 is 2.00 bits per heavy atom. The van der Waals surface area contributed by atoms with Gasteiger partial charge in [0, 0.05) is 28.6 Å². The Morgan fingerprint density at radius 1 is 1.22 bits per heavy atom. The largest absolute Gasteiger partial charge is 0.366 e. The van der Waals surface area contributed by atoms with Gasteiger partial charge in [-0.3, -0.25) is 14.6 Å². The van der Waals surface area contributed by atoms with Crippen LogP contribution in [0.15, 0.2) is 29.8 Å². The summed E-state index contributed by atoms with van der Waals surface area (Å²) in [5.41, 5.74) is 11.4. The molecule has 4 N–H and O–H groups in total. The Labute approximate surface area is 107 Å². The van der Waals surface area contributed by atoms with Crippen LogP contribution in [0.1, 0.15) is 31.3 Å². The van der Waals surface area contributed by atoms with Gasteiger partial charge in [0.25, 0.3) is 5.91 Å². The summed E-state index contributed by atoms with van der Waals surface area (Å²) in [5.74, 6) is -1.25. The summed E-state index contributed by atoms with van der Waals surface area (Å²) in [6, 6.07) is 5.30. The monoisotopic (exact) mass is 261 g/mol. The molecule has 2 heterocycles. The summed E-state index contributed by atoms with van der Waals surface area (Å²) >= 11 is 1.53. The lowest BCUT2D eigenvalue weighted by atomic mass is 10.0. The molecule has 0 aliphatic carbocycles. The number of aromatic nitrogens is 1. The van der Waals surface area contributed by atoms with Crippen molar-refractivity contribution in [3.63, 3.8) is 0 Å². The molecule has 5 nitrogen and oxygen atoms in total. The standard InChI is InChI=1S/C12H11N3O2S/c13-11(16)8-3-4-15-10(12(14)17)9(8)6-7-2-1-5-18-7/h1-5H,6H2,(H2,13,16)(H2,14,17). The van der Waals surface area contributed by atoms with E-state index in [-0.39, 0.29) is 11.3 Å². The number of amides is 2. The Hall–Kier alpha value is -2.21. The first-order valence-electron chi connectivity index (χ1n) is 5.19. The second-order valence-corrected chi connectivity index (χ2v) is 4.70. The van der Waals surface area contributed by atoms with Gasteiger partial charge < -0.3 is 11.5 Å². The summed E-state index contributed by atoms with van der Waals surface area (Å²) in [5, 5.41) is 1.92. The fourth-order valence-electron chi connectivity index (χ4n) is 1.70. The summed E-state index contributed by atoms with van der Waals surface area (Å²) in [6.45, 7) is 0. The number of carbonyl (C=O) groups is 2. The number of thiophene rings is 1. The van der Waals surface area contributed by atoms with Gasteiger partial charge in [-0.2, -0.15) is 0 Å². The second kappa shape index (κ2) is 4.97. The highest BCUT2D eigenvalue weighted by Gasteiger charge is 2.17. The predicted octanol–water partition coefficient (Wildman–Crippen LogP) is 0.932. The van der Waals surface area contributed by atoms with Gasteiger partial charge in [0.05, 0.1) is 0 Å². The zero-order valence-electron chi connectivity index (χ0n) is 9.42. The van der Waals surface area contributed by atoms with Gasteiger partial charge in [-0.05, 0) is 17.5 Å². The third kappa shape index (κ3) is 2.38. The minimum absolute atomic E-state index is 0.0969. The Bertz CT molecular complexity index is 561. The zero-order chi connectivity index (χ0) is 13.1. The normalized spacial score (nSPS) is 10.2.